The summed E-state index contributed by atoms with van der Waals surface area (Å²) in [4.78, 5) is 13.0. The van der Waals surface area contributed by atoms with E-state index < -0.39 is 6.17 Å². The van der Waals surface area contributed by atoms with E-state index in [0.717, 1.165) is 22.6 Å². The van der Waals surface area contributed by atoms with Crippen molar-refractivity contribution in [3.8, 4) is 11.3 Å². The Kier molecular flexibility index (Phi) is 2.85. The molecule has 1 N–H and O–H groups in total. The molecule has 2 aromatic carbocycles. The molecule has 5 nitrogen and oxygen atoms in total. The summed E-state index contributed by atoms with van der Waals surface area (Å²) in [6.45, 7) is 1.95. The zero-order valence-corrected chi connectivity index (χ0v) is 13.6. The van der Waals surface area contributed by atoms with Crippen LogP contribution in [0.3, 0.4) is 0 Å². The highest BCUT2D eigenvalue weighted by atomic mass is 16.3. The van der Waals surface area contributed by atoms with Gasteiger partial charge in [-0.15, -0.1) is 0 Å². The first-order valence-corrected chi connectivity index (χ1v) is 8.15. The van der Waals surface area contributed by atoms with Crippen molar-refractivity contribution >= 4 is 16.7 Å². The molecule has 0 bridgehead atoms. The molecule has 1 aliphatic rings. The summed E-state index contributed by atoms with van der Waals surface area (Å²) in [5, 5.41) is 8.61. The maximum atomic E-state index is 13.0. The topological polar surface area (TPSA) is 60.1 Å². The predicted molar refractivity (Wildman–Crippen MR) is 96.6 cm³/mol. The normalized spacial score (nSPS) is 15.5. The van der Waals surface area contributed by atoms with Gasteiger partial charge in [0.2, 0.25) is 0 Å². The second kappa shape index (κ2) is 5.08. The highest BCUT2D eigenvalue weighted by molar-refractivity contribution is 5.80. The van der Waals surface area contributed by atoms with Crippen molar-refractivity contribution in [1.82, 2.24) is 9.78 Å². The predicted octanol–water partition coefficient (Wildman–Crippen LogP) is 3.94. The molecular formula is C20H15N3O2. The average Bonchev–Trinajstić information content (AvgIpc) is 3.04. The van der Waals surface area contributed by atoms with Crippen molar-refractivity contribution in [3.05, 3.63) is 82.3 Å². The summed E-state index contributed by atoms with van der Waals surface area (Å²) in [7, 11) is 0. The number of aryl methyl sites for hydroxylation is 1. The van der Waals surface area contributed by atoms with Crippen molar-refractivity contribution in [3.63, 3.8) is 0 Å². The molecule has 0 unspecified atom stereocenters. The highest BCUT2D eigenvalue weighted by Crippen LogP contribution is 2.37. The van der Waals surface area contributed by atoms with Gasteiger partial charge in [-0.1, -0.05) is 30.3 Å². The monoisotopic (exact) mass is 329 g/mol. The molecule has 0 fully saturated rings. The van der Waals surface area contributed by atoms with Gasteiger partial charge in [-0.25, -0.2) is 4.68 Å². The Morgan fingerprint density at radius 3 is 2.84 bits per heavy atom. The molecule has 25 heavy (non-hydrogen) atoms. The number of nitrogens with one attached hydrogen (secondary N) is 1. The largest absolute Gasteiger partial charge is 0.464 e. The molecule has 2 aromatic heterocycles. The van der Waals surface area contributed by atoms with Crippen LogP contribution in [-0.2, 0) is 0 Å². The van der Waals surface area contributed by atoms with Crippen molar-refractivity contribution < 1.29 is 4.42 Å². The minimum atomic E-state index is -0.403. The number of hydrogen-bond donors (Lipinski definition) is 1. The van der Waals surface area contributed by atoms with Gasteiger partial charge in [0.05, 0.1) is 22.3 Å². The van der Waals surface area contributed by atoms with Gasteiger partial charge in [0.1, 0.15) is 11.8 Å². The van der Waals surface area contributed by atoms with E-state index in [1.807, 2.05) is 54.1 Å². The van der Waals surface area contributed by atoms with E-state index >= 15 is 0 Å². The summed E-state index contributed by atoms with van der Waals surface area (Å²) in [5.74, 6) is 0. The van der Waals surface area contributed by atoms with Gasteiger partial charge in [-0.3, -0.25) is 4.79 Å². The zero-order valence-electron chi connectivity index (χ0n) is 13.6. The number of aromatic nitrogens is 2. The van der Waals surface area contributed by atoms with Crippen LogP contribution in [0.2, 0.25) is 0 Å². The van der Waals surface area contributed by atoms with Gasteiger partial charge in [0, 0.05) is 11.3 Å². The van der Waals surface area contributed by atoms with Crippen molar-refractivity contribution in [1.29, 1.82) is 0 Å². The number of para-hydroxylation sites is 2. The van der Waals surface area contributed by atoms with E-state index in [4.69, 9.17) is 4.42 Å². The summed E-state index contributed by atoms with van der Waals surface area (Å²) in [6, 6.07) is 17.4. The molecule has 1 aliphatic heterocycles. The second-order valence-corrected chi connectivity index (χ2v) is 6.22. The van der Waals surface area contributed by atoms with Crippen LogP contribution in [0.1, 0.15) is 17.4 Å². The van der Waals surface area contributed by atoms with Crippen LogP contribution in [0.5, 0.6) is 0 Å². The number of rotatable bonds is 1. The lowest BCUT2D eigenvalue weighted by atomic mass is 10.0. The first kappa shape index (κ1) is 14.0. The minimum Gasteiger partial charge on any atom is -0.464 e. The number of benzene rings is 2. The lowest BCUT2D eigenvalue weighted by molar-refractivity contribution is 0.532. The molecule has 5 rings (SSSR count). The highest BCUT2D eigenvalue weighted by Gasteiger charge is 2.28. The van der Waals surface area contributed by atoms with Crippen LogP contribution in [0.4, 0.5) is 5.69 Å². The molecule has 0 saturated carbocycles. The maximum absolute atomic E-state index is 13.0. The Bertz CT molecular complexity index is 1170. The summed E-state index contributed by atoms with van der Waals surface area (Å²) < 4.78 is 7.57. The van der Waals surface area contributed by atoms with E-state index in [2.05, 4.69) is 10.4 Å². The fraction of sp³-hybridized carbons (Fsp3) is 0.100. The summed E-state index contributed by atoms with van der Waals surface area (Å²) in [5.41, 5.74) is 5.03. The van der Waals surface area contributed by atoms with Gasteiger partial charge in [-0.2, -0.15) is 5.10 Å². The van der Waals surface area contributed by atoms with Gasteiger partial charge in [-0.05, 0) is 31.2 Å². The molecule has 4 aromatic rings. The first-order chi connectivity index (χ1) is 12.2. The standard InChI is InChI=1S/C20H15N3O2/c1-12-10-17-13-6-2-4-8-16(13)21-20(23(17)22-12)15-11-25-18-9-5-3-7-14(18)19(15)24/h2-11,20-21H,1H3/t20-/m1/s1. The number of anilines is 1. The van der Waals surface area contributed by atoms with Crippen molar-refractivity contribution in [2.75, 3.05) is 5.32 Å². The number of hydrogen-bond acceptors (Lipinski definition) is 4. The van der Waals surface area contributed by atoms with Crippen molar-refractivity contribution in [2.45, 2.75) is 13.1 Å². The summed E-state index contributed by atoms with van der Waals surface area (Å²) >= 11 is 0. The lowest BCUT2D eigenvalue weighted by Crippen LogP contribution is -2.29. The lowest BCUT2D eigenvalue weighted by Gasteiger charge is -2.28. The van der Waals surface area contributed by atoms with Crippen LogP contribution in [0.15, 0.2) is 70.1 Å². The molecule has 0 radical (unpaired) electrons. The van der Waals surface area contributed by atoms with Crippen LogP contribution < -0.4 is 10.7 Å². The van der Waals surface area contributed by atoms with Gasteiger partial charge >= 0.3 is 0 Å². The third-order valence-corrected chi connectivity index (χ3v) is 4.60. The fourth-order valence-electron chi connectivity index (χ4n) is 3.45. The molecule has 0 aliphatic carbocycles. The fourth-order valence-corrected chi connectivity index (χ4v) is 3.45. The Hall–Kier alpha value is -3.34. The van der Waals surface area contributed by atoms with Crippen LogP contribution in [0.25, 0.3) is 22.2 Å². The smallest absolute Gasteiger partial charge is 0.199 e. The van der Waals surface area contributed by atoms with E-state index in [-0.39, 0.29) is 5.43 Å². The van der Waals surface area contributed by atoms with Crippen LogP contribution >= 0.6 is 0 Å². The van der Waals surface area contributed by atoms with E-state index in [1.54, 1.807) is 12.1 Å². The molecule has 3 heterocycles. The molecule has 0 amide bonds. The minimum absolute atomic E-state index is 0.0437. The van der Waals surface area contributed by atoms with E-state index in [0.29, 0.717) is 16.5 Å². The molecular weight excluding hydrogens is 314 g/mol. The molecule has 0 spiro atoms. The molecule has 122 valence electrons. The van der Waals surface area contributed by atoms with Crippen molar-refractivity contribution in [2.24, 2.45) is 0 Å². The average molecular weight is 329 g/mol. The third-order valence-electron chi connectivity index (χ3n) is 4.60. The quantitative estimate of drug-likeness (QED) is 0.575. The van der Waals surface area contributed by atoms with Crippen LogP contribution in [0, 0.1) is 6.92 Å². The first-order valence-electron chi connectivity index (χ1n) is 8.15. The Balaban J connectivity index is 1.76. The SMILES string of the molecule is Cc1cc2n(n1)[C@H](c1coc3ccccc3c1=O)Nc1ccccc1-2. The van der Waals surface area contributed by atoms with Gasteiger partial charge < -0.3 is 9.73 Å². The van der Waals surface area contributed by atoms with E-state index in [9.17, 15) is 4.79 Å². The Morgan fingerprint density at radius 2 is 1.92 bits per heavy atom. The summed E-state index contributed by atoms with van der Waals surface area (Å²) in [6.07, 6.45) is 1.14. The third kappa shape index (κ3) is 2.02. The molecule has 1 atom stereocenters. The van der Waals surface area contributed by atoms with E-state index in [1.165, 1.54) is 6.26 Å². The van der Waals surface area contributed by atoms with Gasteiger partial charge in [0.15, 0.2) is 11.6 Å². The Morgan fingerprint density at radius 1 is 1.12 bits per heavy atom. The second-order valence-electron chi connectivity index (χ2n) is 6.22. The number of fused-ring (bicyclic) bond motifs is 4. The molecule has 0 saturated heterocycles. The Labute approximate surface area is 143 Å². The molecule has 5 heteroatoms. The maximum Gasteiger partial charge on any atom is 0.199 e. The van der Waals surface area contributed by atoms with Crippen LogP contribution in [-0.4, -0.2) is 9.78 Å². The van der Waals surface area contributed by atoms with Gasteiger partial charge in [0.25, 0.3) is 0 Å². The zero-order chi connectivity index (χ0) is 17.0. The number of nitrogens with zero attached hydrogens (tertiary/aromatic N) is 2.